The van der Waals surface area contributed by atoms with Crippen LogP contribution in [0.3, 0.4) is 0 Å². The number of ether oxygens (including phenoxy) is 1. The SMILES string of the molecule is COC(=O)c1nc(-c2ccc(F)c(Br)c2)nc2c1CNC2. The summed E-state index contributed by atoms with van der Waals surface area (Å²) in [5.41, 5.74) is 2.40. The largest absolute Gasteiger partial charge is 0.464 e. The van der Waals surface area contributed by atoms with Crippen molar-refractivity contribution >= 4 is 21.9 Å². The van der Waals surface area contributed by atoms with Crippen molar-refractivity contribution in [3.8, 4) is 11.4 Å². The van der Waals surface area contributed by atoms with Crippen LogP contribution in [0.15, 0.2) is 22.7 Å². The van der Waals surface area contributed by atoms with Gasteiger partial charge in [0.25, 0.3) is 0 Å². The van der Waals surface area contributed by atoms with Crippen LogP contribution in [0.25, 0.3) is 11.4 Å². The average molecular weight is 352 g/mol. The van der Waals surface area contributed by atoms with Crippen molar-refractivity contribution in [3.05, 3.63) is 45.4 Å². The number of carbonyl (C=O) groups is 1. The molecule has 0 atom stereocenters. The lowest BCUT2D eigenvalue weighted by Gasteiger charge is -2.08. The maximum Gasteiger partial charge on any atom is 0.357 e. The molecule has 1 aromatic carbocycles. The molecule has 21 heavy (non-hydrogen) atoms. The molecule has 0 unspecified atom stereocenters. The summed E-state index contributed by atoms with van der Waals surface area (Å²) in [6.07, 6.45) is 0. The summed E-state index contributed by atoms with van der Waals surface area (Å²) >= 11 is 3.13. The normalized spacial score (nSPS) is 13.1. The monoisotopic (exact) mass is 351 g/mol. The zero-order valence-corrected chi connectivity index (χ0v) is 12.7. The van der Waals surface area contributed by atoms with E-state index in [1.165, 1.54) is 13.2 Å². The summed E-state index contributed by atoms with van der Waals surface area (Å²) in [6, 6.07) is 4.48. The third kappa shape index (κ3) is 2.54. The Morgan fingerprint density at radius 3 is 2.90 bits per heavy atom. The highest BCUT2D eigenvalue weighted by Crippen LogP contribution is 2.26. The van der Waals surface area contributed by atoms with E-state index in [1.807, 2.05) is 0 Å². The number of aromatic nitrogens is 2. The Hall–Kier alpha value is -1.86. The lowest BCUT2D eigenvalue weighted by molar-refractivity contribution is 0.0592. The summed E-state index contributed by atoms with van der Waals surface area (Å²) in [5, 5.41) is 3.13. The van der Waals surface area contributed by atoms with E-state index < -0.39 is 5.97 Å². The van der Waals surface area contributed by atoms with Crippen LogP contribution in [-0.2, 0) is 17.8 Å². The number of rotatable bonds is 2. The van der Waals surface area contributed by atoms with Crippen LogP contribution in [0.5, 0.6) is 0 Å². The molecule has 1 aliphatic heterocycles. The summed E-state index contributed by atoms with van der Waals surface area (Å²) < 4.78 is 18.4. The Labute approximate surface area is 128 Å². The van der Waals surface area contributed by atoms with Crippen molar-refractivity contribution in [2.45, 2.75) is 13.1 Å². The van der Waals surface area contributed by atoms with E-state index in [4.69, 9.17) is 4.74 Å². The molecule has 1 aromatic heterocycles. The van der Waals surface area contributed by atoms with E-state index >= 15 is 0 Å². The minimum absolute atomic E-state index is 0.253. The summed E-state index contributed by atoms with van der Waals surface area (Å²) in [4.78, 5) is 20.6. The number of hydrogen-bond donors (Lipinski definition) is 1. The summed E-state index contributed by atoms with van der Waals surface area (Å²) in [7, 11) is 1.31. The number of fused-ring (bicyclic) bond motifs is 1. The Bertz CT molecular complexity index is 736. The smallest absolute Gasteiger partial charge is 0.357 e. The molecule has 0 aliphatic carbocycles. The minimum atomic E-state index is -0.500. The van der Waals surface area contributed by atoms with Crippen molar-refractivity contribution in [3.63, 3.8) is 0 Å². The molecule has 1 aliphatic rings. The minimum Gasteiger partial charge on any atom is -0.464 e. The highest BCUT2D eigenvalue weighted by atomic mass is 79.9. The second kappa shape index (κ2) is 5.50. The fourth-order valence-electron chi connectivity index (χ4n) is 2.20. The van der Waals surface area contributed by atoms with Crippen molar-refractivity contribution in [1.82, 2.24) is 15.3 Å². The number of nitrogens with zero attached hydrogens (tertiary/aromatic N) is 2. The quantitative estimate of drug-likeness (QED) is 0.842. The van der Waals surface area contributed by atoms with Gasteiger partial charge in [-0.3, -0.25) is 0 Å². The van der Waals surface area contributed by atoms with E-state index in [2.05, 4.69) is 31.2 Å². The van der Waals surface area contributed by atoms with E-state index in [0.29, 0.717) is 29.0 Å². The van der Waals surface area contributed by atoms with Gasteiger partial charge in [0.15, 0.2) is 11.5 Å². The van der Waals surface area contributed by atoms with Crippen molar-refractivity contribution in [2.75, 3.05) is 7.11 Å². The molecule has 0 amide bonds. The Morgan fingerprint density at radius 1 is 1.38 bits per heavy atom. The predicted octanol–water partition coefficient (Wildman–Crippen LogP) is 2.44. The Balaban J connectivity index is 2.15. The maximum atomic E-state index is 13.3. The standard InChI is InChI=1S/C14H11BrFN3O2/c1-21-14(20)12-8-5-17-6-11(8)18-13(19-12)7-2-3-10(16)9(15)4-7/h2-4,17H,5-6H2,1H3. The maximum absolute atomic E-state index is 13.3. The van der Waals surface area contributed by atoms with Gasteiger partial charge in [-0.15, -0.1) is 0 Å². The fourth-order valence-corrected chi connectivity index (χ4v) is 2.58. The lowest BCUT2D eigenvalue weighted by atomic mass is 10.1. The second-order valence-electron chi connectivity index (χ2n) is 4.55. The van der Waals surface area contributed by atoms with Crippen LogP contribution in [0.2, 0.25) is 0 Å². The van der Waals surface area contributed by atoms with Gasteiger partial charge < -0.3 is 10.1 Å². The zero-order chi connectivity index (χ0) is 15.0. The van der Waals surface area contributed by atoms with Crippen molar-refractivity contribution in [2.24, 2.45) is 0 Å². The molecule has 0 spiro atoms. The zero-order valence-electron chi connectivity index (χ0n) is 11.1. The third-order valence-electron chi connectivity index (χ3n) is 3.24. The Kier molecular flexibility index (Phi) is 3.69. The molecule has 5 nitrogen and oxygen atoms in total. The van der Waals surface area contributed by atoms with Crippen LogP contribution >= 0.6 is 15.9 Å². The molecule has 0 fully saturated rings. The molecule has 1 N–H and O–H groups in total. The molecule has 3 rings (SSSR count). The molecule has 2 heterocycles. The van der Waals surface area contributed by atoms with Crippen molar-refractivity contribution in [1.29, 1.82) is 0 Å². The number of nitrogens with one attached hydrogen (secondary N) is 1. The van der Waals surface area contributed by atoms with Gasteiger partial charge in [0.05, 0.1) is 17.3 Å². The molecule has 7 heteroatoms. The topological polar surface area (TPSA) is 64.1 Å². The number of esters is 1. The molecular weight excluding hydrogens is 341 g/mol. The van der Waals surface area contributed by atoms with Gasteiger partial charge in [-0.1, -0.05) is 0 Å². The van der Waals surface area contributed by atoms with E-state index in [0.717, 1.165) is 11.3 Å². The summed E-state index contributed by atoms with van der Waals surface area (Å²) in [5.74, 6) is -0.493. The molecule has 0 saturated heterocycles. The van der Waals surface area contributed by atoms with Gasteiger partial charge in [-0.05, 0) is 34.1 Å². The molecule has 0 radical (unpaired) electrons. The molecule has 108 valence electrons. The van der Waals surface area contributed by atoms with Crippen molar-refractivity contribution < 1.29 is 13.9 Å². The van der Waals surface area contributed by atoms with Crippen LogP contribution in [0, 0.1) is 5.82 Å². The van der Waals surface area contributed by atoms with Gasteiger partial charge in [0.2, 0.25) is 0 Å². The van der Waals surface area contributed by atoms with E-state index in [1.54, 1.807) is 12.1 Å². The molecule has 0 saturated carbocycles. The average Bonchev–Trinajstić information content (AvgIpc) is 2.96. The van der Waals surface area contributed by atoms with E-state index in [9.17, 15) is 9.18 Å². The van der Waals surface area contributed by atoms with Gasteiger partial charge in [0, 0.05) is 24.2 Å². The number of methoxy groups -OCH3 is 1. The molecule has 2 aromatic rings. The van der Waals surface area contributed by atoms with Crippen LogP contribution in [0.4, 0.5) is 4.39 Å². The van der Waals surface area contributed by atoms with Gasteiger partial charge in [-0.2, -0.15) is 0 Å². The fraction of sp³-hybridized carbons (Fsp3) is 0.214. The third-order valence-corrected chi connectivity index (χ3v) is 3.85. The molecular formula is C14H11BrFN3O2. The number of hydrogen-bond acceptors (Lipinski definition) is 5. The summed E-state index contributed by atoms with van der Waals surface area (Å²) in [6.45, 7) is 1.10. The first-order chi connectivity index (χ1) is 10.1. The first-order valence-corrected chi connectivity index (χ1v) is 7.03. The first-order valence-electron chi connectivity index (χ1n) is 6.24. The molecule has 0 bridgehead atoms. The highest BCUT2D eigenvalue weighted by Gasteiger charge is 2.24. The van der Waals surface area contributed by atoms with Crippen LogP contribution < -0.4 is 5.32 Å². The second-order valence-corrected chi connectivity index (χ2v) is 5.40. The number of carbonyl (C=O) groups excluding carboxylic acids is 1. The first kappa shape index (κ1) is 14.1. The van der Waals surface area contributed by atoms with E-state index in [-0.39, 0.29) is 11.5 Å². The van der Waals surface area contributed by atoms with Crippen LogP contribution in [0.1, 0.15) is 21.7 Å². The Morgan fingerprint density at radius 2 is 2.19 bits per heavy atom. The number of benzene rings is 1. The van der Waals surface area contributed by atoms with Gasteiger partial charge >= 0.3 is 5.97 Å². The highest BCUT2D eigenvalue weighted by molar-refractivity contribution is 9.10. The number of halogens is 2. The predicted molar refractivity (Wildman–Crippen MR) is 77.0 cm³/mol. The van der Waals surface area contributed by atoms with Gasteiger partial charge in [-0.25, -0.2) is 19.2 Å². The lowest BCUT2D eigenvalue weighted by Crippen LogP contribution is -2.11. The van der Waals surface area contributed by atoms with Gasteiger partial charge in [0.1, 0.15) is 5.82 Å². The van der Waals surface area contributed by atoms with Crippen LogP contribution in [-0.4, -0.2) is 23.0 Å².